The number of carboxylic acid groups (broad SMARTS) is 1. The number of aliphatic carboxylic acids is 1. The van der Waals surface area contributed by atoms with Gasteiger partial charge in [0.05, 0.1) is 32.2 Å². The van der Waals surface area contributed by atoms with E-state index in [1.165, 1.54) is 11.3 Å². The molecule has 6 nitrogen and oxygen atoms in total. The fraction of sp³-hybridized carbons (Fsp3) is 0.750. The third kappa shape index (κ3) is 7.38. The number of piperidine rings is 3. The lowest BCUT2D eigenvalue weighted by atomic mass is 9.79. The van der Waals surface area contributed by atoms with E-state index in [0.29, 0.717) is 28.4 Å². The number of amides is 1. The van der Waals surface area contributed by atoms with Gasteiger partial charge in [-0.25, -0.2) is 0 Å². The third-order valence-electron chi connectivity index (χ3n) is 7.93. The second-order valence-electron chi connectivity index (χ2n) is 10.3. The van der Waals surface area contributed by atoms with E-state index in [4.69, 9.17) is 9.90 Å². The Morgan fingerprint density at radius 1 is 1.08 bits per heavy atom. The van der Waals surface area contributed by atoms with Crippen LogP contribution in [0.4, 0.5) is 26.3 Å². The van der Waals surface area contributed by atoms with Crippen molar-refractivity contribution >= 4 is 23.2 Å². The molecule has 210 valence electrons. The Kier molecular flexibility index (Phi) is 9.22. The van der Waals surface area contributed by atoms with Crippen LogP contribution in [0, 0.1) is 11.8 Å². The number of aliphatic hydroxyl groups is 1. The first-order valence-electron chi connectivity index (χ1n) is 12.4. The number of rotatable bonds is 7. The molecule has 1 amide bonds. The first-order chi connectivity index (χ1) is 17.2. The molecule has 4 aliphatic rings. The minimum Gasteiger partial charge on any atom is -0.542 e. The predicted molar refractivity (Wildman–Crippen MR) is 121 cm³/mol. The molecular formula is C24H32F6N2O4S. The maximum absolute atomic E-state index is 13.4. The van der Waals surface area contributed by atoms with Crippen LogP contribution in [-0.4, -0.2) is 66.0 Å². The number of fused-ring (bicyclic) bond motifs is 3. The number of quaternary nitrogens is 1. The zero-order valence-corrected chi connectivity index (χ0v) is 21.1. The standard InChI is InChI=1S/C22H31F3N2O2S.C2HF3O2/c23-21(24,25)10-4-11-27-12-8-16(9-13-27)18(15-27)26-20(28)22(29,17-5-1-2-6-17)19-7-3-14-30-19;3-2(4,5)1(6)7/h3,7,14,16-18,29H,1-2,4-6,8-13,15H2;(H,6,7)/t16?,18-,22?,27?;/m0./s1. The molecule has 1 aliphatic carbocycles. The fourth-order valence-electron chi connectivity index (χ4n) is 6.00. The zero-order valence-electron chi connectivity index (χ0n) is 20.2. The third-order valence-corrected chi connectivity index (χ3v) is 8.93. The van der Waals surface area contributed by atoms with E-state index in [9.17, 15) is 36.2 Å². The summed E-state index contributed by atoms with van der Waals surface area (Å²) >= 11 is 1.41. The van der Waals surface area contributed by atoms with Gasteiger partial charge in [0, 0.05) is 36.5 Å². The van der Waals surface area contributed by atoms with Crippen LogP contribution in [0.5, 0.6) is 0 Å². The van der Waals surface area contributed by atoms with Crippen molar-refractivity contribution in [3.8, 4) is 0 Å². The topological polar surface area (TPSA) is 89.5 Å². The van der Waals surface area contributed by atoms with Crippen LogP contribution in [0.1, 0.15) is 56.2 Å². The van der Waals surface area contributed by atoms with E-state index < -0.39 is 30.3 Å². The molecule has 13 heteroatoms. The normalized spacial score (nSPS) is 27.8. The van der Waals surface area contributed by atoms with E-state index in [-0.39, 0.29) is 24.3 Å². The highest BCUT2D eigenvalue weighted by Crippen LogP contribution is 2.43. The largest absolute Gasteiger partial charge is 0.542 e. The summed E-state index contributed by atoms with van der Waals surface area (Å²) in [4.78, 5) is 22.9. The lowest BCUT2D eigenvalue weighted by molar-refractivity contribution is -0.944. The van der Waals surface area contributed by atoms with E-state index in [0.717, 1.165) is 51.6 Å². The first-order valence-corrected chi connectivity index (χ1v) is 13.3. The van der Waals surface area contributed by atoms with Crippen molar-refractivity contribution in [3.63, 3.8) is 0 Å². The van der Waals surface area contributed by atoms with Gasteiger partial charge in [0.2, 0.25) is 0 Å². The van der Waals surface area contributed by atoms with Gasteiger partial charge in [-0.15, -0.1) is 11.3 Å². The Bertz CT molecular complexity index is 909. The molecular weight excluding hydrogens is 526 g/mol. The average Bonchev–Trinajstić information content (AvgIpc) is 3.53. The molecule has 2 N–H and O–H groups in total. The van der Waals surface area contributed by atoms with Crippen LogP contribution in [0.25, 0.3) is 0 Å². The van der Waals surface area contributed by atoms with Gasteiger partial charge in [0.1, 0.15) is 5.97 Å². The van der Waals surface area contributed by atoms with E-state index in [1.54, 1.807) is 0 Å². The molecule has 3 aliphatic heterocycles. The number of thiophene rings is 1. The lowest BCUT2D eigenvalue weighted by Gasteiger charge is -2.53. The molecule has 5 rings (SSSR count). The van der Waals surface area contributed by atoms with Crippen molar-refractivity contribution in [2.45, 2.75) is 75.4 Å². The Labute approximate surface area is 215 Å². The molecule has 1 aromatic rings. The first kappa shape index (κ1) is 29.7. The van der Waals surface area contributed by atoms with Crippen molar-refractivity contribution < 1.29 is 50.6 Å². The van der Waals surface area contributed by atoms with E-state index in [1.807, 2.05) is 17.5 Å². The molecule has 1 unspecified atom stereocenters. The van der Waals surface area contributed by atoms with Crippen LogP contribution in [0.15, 0.2) is 17.5 Å². The monoisotopic (exact) mass is 558 g/mol. The zero-order chi connectivity index (χ0) is 27.5. The van der Waals surface area contributed by atoms with E-state index >= 15 is 0 Å². The van der Waals surface area contributed by atoms with Gasteiger partial charge in [-0.3, -0.25) is 4.79 Å². The maximum Gasteiger partial charge on any atom is 0.430 e. The Morgan fingerprint density at radius 2 is 1.68 bits per heavy atom. The molecule has 4 heterocycles. The molecule has 0 spiro atoms. The van der Waals surface area contributed by atoms with Crippen molar-refractivity contribution in [2.24, 2.45) is 11.8 Å². The van der Waals surface area contributed by atoms with Crippen molar-refractivity contribution in [2.75, 3.05) is 26.2 Å². The number of carboxylic acids is 1. The second-order valence-corrected chi connectivity index (χ2v) is 11.3. The summed E-state index contributed by atoms with van der Waals surface area (Å²) in [5.74, 6) is -3.04. The number of nitrogens with one attached hydrogen (secondary N) is 1. The highest BCUT2D eigenvalue weighted by Gasteiger charge is 2.51. The number of carbonyl (C=O) groups is 2. The van der Waals surface area contributed by atoms with Gasteiger partial charge < -0.3 is 24.8 Å². The molecule has 0 aromatic carbocycles. The second kappa shape index (κ2) is 11.5. The molecule has 2 atom stereocenters. The van der Waals surface area contributed by atoms with E-state index in [2.05, 4.69) is 5.32 Å². The Morgan fingerprint density at radius 3 is 2.16 bits per heavy atom. The summed E-state index contributed by atoms with van der Waals surface area (Å²) in [6.45, 7) is 2.98. The summed E-state index contributed by atoms with van der Waals surface area (Å²) in [7, 11) is 0. The van der Waals surface area contributed by atoms with Crippen LogP contribution in [-0.2, 0) is 15.2 Å². The van der Waals surface area contributed by atoms with Gasteiger partial charge in [0.25, 0.3) is 5.91 Å². The van der Waals surface area contributed by atoms with Gasteiger partial charge in [-0.2, -0.15) is 26.3 Å². The number of halogens is 6. The molecule has 3 saturated heterocycles. The maximum atomic E-state index is 13.4. The van der Waals surface area contributed by atoms with Crippen LogP contribution in [0.3, 0.4) is 0 Å². The van der Waals surface area contributed by atoms with Gasteiger partial charge in [-0.1, -0.05) is 18.9 Å². The number of hydrogen-bond donors (Lipinski definition) is 2. The van der Waals surface area contributed by atoms with Crippen molar-refractivity contribution in [1.82, 2.24) is 5.32 Å². The van der Waals surface area contributed by atoms with Crippen LogP contribution >= 0.6 is 11.3 Å². The quantitative estimate of drug-likeness (QED) is 0.396. The SMILES string of the molecule is O=C(N[C@H]1C[N+]2(CCCC(F)(F)F)CCC1CC2)C(O)(c1cccs1)C1CCCC1.O=C([O-])C(F)(F)F. The highest BCUT2D eigenvalue weighted by molar-refractivity contribution is 7.10. The summed E-state index contributed by atoms with van der Waals surface area (Å²) < 4.78 is 70.1. The number of carbonyl (C=O) groups excluding carboxylic acids is 2. The van der Waals surface area contributed by atoms with Gasteiger partial charge in [0.15, 0.2) is 5.60 Å². The van der Waals surface area contributed by atoms with Gasteiger partial charge in [-0.05, 0) is 30.2 Å². The molecule has 2 bridgehead atoms. The summed E-state index contributed by atoms with van der Waals surface area (Å²) in [5.41, 5.74) is -1.50. The van der Waals surface area contributed by atoms with Crippen molar-refractivity contribution in [1.29, 1.82) is 0 Å². The number of alkyl halides is 6. The van der Waals surface area contributed by atoms with Crippen molar-refractivity contribution in [3.05, 3.63) is 22.4 Å². The smallest absolute Gasteiger partial charge is 0.430 e. The predicted octanol–water partition coefficient (Wildman–Crippen LogP) is 3.49. The lowest BCUT2D eigenvalue weighted by Crippen LogP contribution is -2.68. The summed E-state index contributed by atoms with van der Waals surface area (Å²) in [5, 5.41) is 25.4. The number of nitrogens with zero attached hydrogens (tertiary/aromatic N) is 1. The summed E-state index contributed by atoms with van der Waals surface area (Å²) in [6, 6.07) is 3.63. The minimum atomic E-state index is -5.19. The molecule has 37 heavy (non-hydrogen) atoms. The minimum absolute atomic E-state index is 0.0706. The van der Waals surface area contributed by atoms with Crippen LogP contribution in [0.2, 0.25) is 0 Å². The molecule has 1 aromatic heterocycles. The fourth-order valence-corrected chi connectivity index (χ4v) is 6.90. The van der Waals surface area contributed by atoms with Crippen LogP contribution < -0.4 is 10.4 Å². The Balaban J connectivity index is 0.000000479. The number of hydrogen-bond acceptors (Lipinski definition) is 5. The molecule has 1 saturated carbocycles. The summed E-state index contributed by atoms with van der Waals surface area (Å²) in [6.07, 6.45) is -4.33. The Hall–Kier alpha value is -1.86. The molecule has 0 radical (unpaired) electrons. The van der Waals surface area contributed by atoms with Gasteiger partial charge >= 0.3 is 12.4 Å². The molecule has 4 fully saturated rings. The average molecular weight is 559 g/mol. The highest BCUT2D eigenvalue weighted by atomic mass is 32.1.